The fourth-order valence-electron chi connectivity index (χ4n) is 4.73. The van der Waals surface area contributed by atoms with E-state index in [9.17, 15) is 18.3 Å². The predicted octanol–water partition coefficient (Wildman–Crippen LogP) is 4.43. The zero-order valence-corrected chi connectivity index (χ0v) is 23.4. The van der Waals surface area contributed by atoms with E-state index in [1.807, 2.05) is 25.1 Å². The van der Waals surface area contributed by atoms with Crippen LogP contribution in [0.1, 0.15) is 37.6 Å². The Balaban J connectivity index is 1.42. The van der Waals surface area contributed by atoms with E-state index >= 15 is 0 Å². The summed E-state index contributed by atoms with van der Waals surface area (Å²) in [4.78, 5) is 24.0. The van der Waals surface area contributed by atoms with Gasteiger partial charge in [0.2, 0.25) is 0 Å². The molecule has 208 valence electrons. The van der Waals surface area contributed by atoms with Crippen molar-refractivity contribution in [1.82, 2.24) is 9.97 Å². The van der Waals surface area contributed by atoms with Crippen LogP contribution in [0.25, 0.3) is 10.9 Å². The van der Waals surface area contributed by atoms with E-state index < -0.39 is 21.7 Å². The molecule has 0 amide bonds. The van der Waals surface area contributed by atoms with Gasteiger partial charge in [-0.05, 0) is 30.7 Å². The predicted molar refractivity (Wildman–Crippen MR) is 150 cm³/mol. The molecule has 2 atom stereocenters. The summed E-state index contributed by atoms with van der Waals surface area (Å²) in [7, 11) is -3.18. The van der Waals surface area contributed by atoms with Crippen molar-refractivity contribution in [3.8, 4) is 17.2 Å². The Morgan fingerprint density at radius 2 is 2.03 bits per heavy atom. The summed E-state index contributed by atoms with van der Waals surface area (Å²) in [5.74, 6) is 0.268. The Hall–Kier alpha value is -3.09. The summed E-state index contributed by atoms with van der Waals surface area (Å²) >= 11 is 1.49. The fourth-order valence-corrected chi connectivity index (χ4v) is 6.73. The van der Waals surface area contributed by atoms with Crippen LogP contribution in [-0.4, -0.2) is 71.9 Å². The number of rotatable bonds is 10. The number of carbonyl (C=O) groups is 1. The number of aliphatic imine (C=N–C) groups is 1. The summed E-state index contributed by atoms with van der Waals surface area (Å²) in [6, 6.07) is 9.01. The van der Waals surface area contributed by atoms with Gasteiger partial charge < -0.3 is 24.3 Å². The van der Waals surface area contributed by atoms with E-state index in [-0.39, 0.29) is 17.1 Å². The second-order valence-electron chi connectivity index (χ2n) is 9.81. The molecule has 12 heteroatoms. The Morgan fingerprint density at radius 1 is 1.23 bits per heavy atom. The first-order valence-corrected chi connectivity index (χ1v) is 15.8. The lowest BCUT2D eigenvalue weighted by atomic mass is 10.0. The minimum atomic E-state index is -3.18. The molecule has 2 N–H and O–H groups in total. The highest BCUT2D eigenvalue weighted by atomic mass is 32.2. The summed E-state index contributed by atoms with van der Waals surface area (Å²) in [6.45, 7) is 3.63. The maximum Gasteiger partial charge on any atom is 0.307 e. The zero-order valence-electron chi connectivity index (χ0n) is 21.8. The molecule has 1 fully saturated rings. The summed E-state index contributed by atoms with van der Waals surface area (Å²) in [6.07, 6.45) is 4.79. The molecule has 0 spiro atoms. The summed E-state index contributed by atoms with van der Waals surface area (Å²) in [5, 5.41) is 11.1. The van der Waals surface area contributed by atoms with Gasteiger partial charge in [0.05, 0.1) is 54.5 Å². The Bertz CT molecular complexity index is 1480. The van der Waals surface area contributed by atoms with Crippen molar-refractivity contribution in [2.75, 3.05) is 26.0 Å². The van der Waals surface area contributed by atoms with Gasteiger partial charge in [0.25, 0.3) is 0 Å². The van der Waals surface area contributed by atoms with Crippen LogP contribution < -0.4 is 9.47 Å². The average Bonchev–Trinajstić information content (AvgIpc) is 3.53. The molecule has 2 unspecified atom stereocenters. The van der Waals surface area contributed by atoms with Gasteiger partial charge in [-0.25, -0.2) is 8.42 Å². The molecule has 0 bridgehead atoms. The molecule has 39 heavy (non-hydrogen) atoms. The van der Waals surface area contributed by atoms with Gasteiger partial charge in [0.15, 0.2) is 9.84 Å². The Labute approximate surface area is 231 Å². The first-order chi connectivity index (χ1) is 18.7. The van der Waals surface area contributed by atoms with Crippen LogP contribution in [0.15, 0.2) is 41.5 Å². The maximum absolute atomic E-state index is 11.7. The van der Waals surface area contributed by atoms with Gasteiger partial charge >= 0.3 is 5.97 Å². The number of H-pyrrole nitrogens is 1. The van der Waals surface area contributed by atoms with E-state index in [0.717, 1.165) is 34.5 Å². The number of nitrogens with one attached hydrogen (secondary N) is 1. The quantitative estimate of drug-likeness (QED) is 0.360. The highest BCUT2D eigenvalue weighted by molar-refractivity contribution is 8.15. The number of carboxylic acid groups (broad SMARTS) is 1. The number of benzene rings is 1. The lowest BCUT2D eigenvalue weighted by molar-refractivity contribution is -0.141. The monoisotopic (exact) mass is 573 g/mol. The number of nitrogens with zero attached hydrogens (tertiary/aromatic N) is 2. The SMILES string of the molecule is CCC(C(=O)O)C1CN=C(c2cc3cc(Oc4ccc(CS(C)(=O)=O)nc4)cc(OC4CCOCC4)c3[nH]2)S1. The van der Waals surface area contributed by atoms with Crippen LogP contribution in [0.2, 0.25) is 0 Å². The summed E-state index contributed by atoms with van der Waals surface area (Å²) < 4.78 is 41.1. The number of thioether (sulfide) groups is 1. The smallest absolute Gasteiger partial charge is 0.307 e. The average molecular weight is 574 g/mol. The molecule has 1 aromatic carbocycles. The highest BCUT2D eigenvalue weighted by Crippen LogP contribution is 2.38. The third kappa shape index (κ3) is 6.74. The molecular formula is C27H31N3O7S2. The van der Waals surface area contributed by atoms with E-state index in [2.05, 4.69) is 15.0 Å². The molecule has 0 radical (unpaired) electrons. The van der Waals surface area contributed by atoms with Gasteiger partial charge in [-0.2, -0.15) is 0 Å². The molecule has 5 rings (SSSR count). The number of ether oxygens (including phenoxy) is 3. The molecule has 2 aliphatic heterocycles. The molecule has 4 heterocycles. The Kier molecular flexibility index (Phi) is 8.15. The number of carboxylic acids is 1. The van der Waals surface area contributed by atoms with Gasteiger partial charge in [0.1, 0.15) is 28.4 Å². The lowest BCUT2D eigenvalue weighted by Crippen LogP contribution is -2.26. The molecule has 0 saturated carbocycles. The number of aliphatic carboxylic acids is 1. The number of sulfone groups is 1. The normalized spacial score (nSPS) is 19.1. The lowest BCUT2D eigenvalue weighted by Gasteiger charge is -2.24. The van der Waals surface area contributed by atoms with Crippen molar-refractivity contribution in [1.29, 1.82) is 0 Å². The van der Waals surface area contributed by atoms with Gasteiger partial charge in [-0.15, -0.1) is 0 Å². The Morgan fingerprint density at radius 3 is 2.69 bits per heavy atom. The number of aromatic amines is 1. The van der Waals surface area contributed by atoms with Crippen molar-refractivity contribution in [3.63, 3.8) is 0 Å². The van der Waals surface area contributed by atoms with E-state index in [1.54, 1.807) is 12.1 Å². The van der Waals surface area contributed by atoms with Crippen LogP contribution >= 0.6 is 11.8 Å². The van der Waals surface area contributed by atoms with E-state index in [1.165, 1.54) is 24.2 Å². The molecule has 0 aliphatic carbocycles. The molecule has 3 aromatic rings. The number of hydrogen-bond acceptors (Lipinski definition) is 9. The molecule has 2 aromatic heterocycles. The number of pyridine rings is 1. The molecule has 10 nitrogen and oxygen atoms in total. The third-order valence-corrected chi connectivity index (χ3v) is 8.86. The van der Waals surface area contributed by atoms with Crippen molar-refractivity contribution in [2.45, 2.75) is 43.3 Å². The third-order valence-electron chi connectivity index (χ3n) is 6.69. The maximum atomic E-state index is 11.7. The molecular weight excluding hydrogens is 542 g/mol. The fraction of sp³-hybridized carbons (Fsp3) is 0.444. The zero-order chi connectivity index (χ0) is 27.6. The first-order valence-electron chi connectivity index (χ1n) is 12.8. The van der Waals surface area contributed by atoms with Crippen LogP contribution in [0.4, 0.5) is 0 Å². The van der Waals surface area contributed by atoms with Crippen molar-refractivity contribution < 1.29 is 32.5 Å². The van der Waals surface area contributed by atoms with E-state index in [0.29, 0.717) is 49.1 Å². The highest BCUT2D eigenvalue weighted by Gasteiger charge is 2.33. The van der Waals surface area contributed by atoms with Crippen LogP contribution in [-0.2, 0) is 25.1 Å². The van der Waals surface area contributed by atoms with Crippen LogP contribution in [0.3, 0.4) is 0 Å². The minimum absolute atomic E-state index is 0.00403. The van der Waals surface area contributed by atoms with Crippen LogP contribution in [0, 0.1) is 5.92 Å². The van der Waals surface area contributed by atoms with Gasteiger partial charge in [-0.3, -0.25) is 14.8 Å². The van der Waals surface area contributed by atoms with E-state index in [4.69, 9.17) is 14.2 Å². The second kappa shape index (κ2) is 11.6. The van der Waals surface area contributed by atoms with Crippen LogP contribution in [0.5, 0.6) is 17.2 Å². The van der Waals surface area contributed by atoms with Gasteiger partial charge in [-0.1, -0.05) is 18.7 Å². The topological polar surface area (TPSA) is 140 Å². The van der Waals surface area contributed by atoms with Gasteiger partial charge in [0, 0.05) is 35.8 Å². The number of hydrogen-bond donors (Lipinski definition) is 2. The molecule has 1 saturated heterocycles. The van der Waals surface area contributed by atoms with Crippen molar-refractivity contribution >= 4 is 43.5 Å². The number of fused-ring (bicyclic) bond motifs is 1. The van der Waals surface area contributed by atoms with Crippen molar-refractivity contribution in [2.24, 2.45) is 10.9 Å². The second-order valence-corrected chi connectivity index (χ2v) is 13.2. The van der Waals surface area contributed by atoms with Crippen molar-refractivity contribution in [3.05, 3.63) is 47.9 Å². The first kappa shape index (κ1) is 27.5. The standard InChI is InChI=1S/C27H31N3O7S2/c1-3-21(27(31)32)24-14-29-26(38-24)22-11-16-10-20(36-19-5-4-17(28-13-19)15-39(2,33)34)12-23(25(16)30-22)37-18-6-8-35-9-7-18/h4-5,10-13,18,21,24,30H,3,6-9,14-15H2,1-2H3,(H,31,32). The number of aromatic nitrogens is 2. The largest absolute Gasteiger partial charge is 0.488 e. The minimum Gasteiger partial charge on any atom is -0.488 e. The molecule has 2 aliphatic rings. The summed E-state index contributed by atoms with van der Waals surface area (Å²) in [5.41, 5.74) is 2.06.